The SMILES string of the molecule is COn1c(-c2ccccc2)nc2ccc(C)cc21. The normalized spacial score (nSPS) is 10.8. The zero-order valence-corrected chi connectivity index (χ0v) is 10.4. The number of hydrogen-bond donors (Lipinski definition) is 0. The molecule has 0 bridgehead atoms. The van der Waals surface area contributed by atoms with Crippen molar-refractivity contribution in [3.8, 4) is 11.4 Å². The molecule has 0 N–H and O–H groups in total. The maximum absolute atomic E-state index is 5.46. The summed E-state index contributed by atoms with van der Waals surface area (Å²) in [7, 11) is 1.66. The molecule has 3 rings (SSSR count). The third-order valence-electron chi connectivity index (χ3n) is 2.98. The Morgan fingerprint density at radius 1 is 1.06 bits per heavy atom. The Hall–Kier alpha value is -2.29. The molecule has 0 radical (unpaired) electrons. The topological polar surface area (TPSA) is 27.1 Å². The molecule has 18 heavy (non-hydrogen) atoms. The summed E-state index contributed by atoms with van der Waals surface area (Å²) in [5, 5.41) is 0. The van der Waals surface area contributed by atoms with E-state index in [1.54, 1.807) is 11.8 Å². The summed E-state index contributed by atoms with van der Waals surface area (Å²) in [6.45, 7) is 2.06. The Labute approximate surface area is 106 Å². The second kappa shape index (κ2) is 4.18. The predicted octanol–water partition coefficient (Wildman–Crippen LogP) is 3.07. The summed E-state index contributed by atoms with van der Waals surface area (Å²) in [5.74, 6) is 0.832. The third kappa shape index (κ3) is 1.64. The first-order valence-electron chi connectivity index (χ1n) is 5.88. The number of imidazole rings is 1. The minimum absolute atomic E-state index is 0.832. The first kappa shape index (κ1) is 10.8. The van der Waals surface area contributed by atoms with Gasteiger partial charge in [-0.15, -0.1) is 0 Å². The van der Waals surface area contributed by atoms with Gasteiger partial charge in [-0.2, -0.15) is 4.73 Å². The Morgan fingerprint density at radius 2 is 1.83 bits per heavy atom. The molecule has 2 aromatic carbocycles. The van der Waals surface area contributed by atoms with Gasteiger partial charge in [-0.3, -0.25) is 0 Å². The smallest absolute Gasteiger partial charge is 0.176 e. The van der Waals surface area contributed by atoms with E-state index in [0.29, 0.717) is 0 Å². The van der Waals surface area contributed by atoms with E-state index in [1.165, 1.54) is 5.56 Å². The van der Waals surface area contributed by atoms with Crippen LogP contribution in [0, 0.1) is 6.92 Å². The van der Waals surface area contributed by atoms with Gasteiger partial charge in [0.05, 0.1) is 5.52 Å². The molecule has 3 nitrogen and oxygen atoms in total. The lowest BCUT2D eigenvalue weighted by Crippen LogP contribution is -2.07. The number of benzene rings is 2. The van der Waals surface area contributed by atoms with Crippen molar-refractivity contribution in [2.45, 2.75) is 6.92 Å². The number of fused-ring (bicyclic) bond motifs is 1. The molecule has 3 aromatic rings. The van der Waals surface area contributed by atoms with Crippen LogP contribution in [0.2, 0.25) is 0 Å². The standard InChI is InChI=1S/C15H14N2O/c1-11-8-9-13-14(10-11)17(18-2)15(16-13)12-6-4-3-5-7-12/h3-10H,1-2H3. The van der Waals surface area contributed by atoms with E-state index in [9.17, 15) is 0 Å². The van der Waals surface area contributed by atoms with E-state index in [1.807, 2.05) is 36.4 Å². The van der Waals surface area contributed by atoms with Crippen molar-refractivity contribution in [1.29, 1.82) is 0 Å². The molecule has 0 aliphatic carbocycles. The summed E-state index contributed by atoms with van der Waals surface area (Å²) in [4.78, 5) is 10.1. The summed E-state index contributed by atoms with van der Waals surface area (Å²) in [6.07, 6.45) is 0. The molecule has 0 spiro atoms. The monoisotopic (exact) mass is 238 g/mol. The first-order chi connectivity index (χ1) is 8.79. The maximum Gasteiger partial charge on any atom is 0.176 e. The minimum atomic E-state index is 0.832. The Kier molecular flexibility index (Phi) is 2.52. The molecule has 90 valence electrons. The van der Waals surface area contributed by atoms with Gasteiger partial charge in [0.15, 0.2) is 5.82 Å². The molecule has 0 fully saturated rings. The fraction of sp³-hybridized carbons (Fsp3) is 0.133. The van der Waals surface area contributed by atoms with Gasteiger partial charge in [0.1, 0.15) is 12.6 Å². The largest absolute Gasteiger partial charge is 0.415 e. The van der Waals surface area contributed by atoms with Crippen molar-refractivity contribution < 1.29 is 4.84 Å². The highest BCUT2D eigenvalue weighted by Crippen LogP contribution is 2.24. The van der Waals surface area contributed by atoms with Crippen molar-refractivity contribution in [1.82, 2.24) is 9.71 Å². The van der Waals surface area contributed by atoms with Crippen LogP contribution in [-0.2, 0) is 0 Å². The highest BCUT2D eigenvalue weighted by Gasteiger charge is 2.12. The molecule has 0 atom stereocenters. The first-order valence-corrected chi connectivity index (χ1v) is 5.88. The molecule has 0 saturated heterocycles. The number of aromatic nitrogens is 2. The zero-order chi connectivity index (χ0) is 12.5. The van der Waals surface area contributed by atoms with E-state index >= 15 is 0 Å². The molecule has 1 heterocycles. The van der Waals surface area contributed by atoms with Gasteiger partial charge < -0.3 is 4.84 Å². The Balaban J connectivity index is 2.30. The van der Waals surface area contributed by atoms with Crippen LogP contribution in [0.4, 0.5) is 0 Å². The van der Waals surface area contributed by atoms with E-state index < -0.39 is 0 Å². The van der Waals surface area contributed by atoms with Gasteiger partial charge in [0, 0.05) is 5.56 Å². The molecular weight excluding hydrogens is 224 g/mol. The fourth-order valence-corrected chi connectivity index (χ4v) is 2.12. The van der Waals surface area contributed by atoms with Gasteiger partial charge in [0.2, 0.25) is 0 Å². The van der Waals surface area contributed by atoms with Crippen LogP contribution < -0.4 is 4.84 Å². The van der Waals surface area contributed by atoms with Gasteiger partial charge in [-0.05, 0) is 24.6 Å². The molecular formula is C15H14N2O. The Morgan fingerprint density at radius 3 is 2.56 bits per heavy atom. The highest BCUT2D eigenvalue weighted by atomic mass is 16.6. The average molecular weight is 238 g/mol. The molecule has 0 unspecified atom stereocenters. The lowest BCUT2D eigenvalue weighted by atomic mass is 10.2. The van der Waals surface area contributed by atoms with E-state index in [0.717, 1.165) is 22.4 Å². The lowest BCUT2D eigenvalue weighted by molar-refractivity contribution is 0.182. The fourth-order valence-electron chi connectivity index (χ4n) is 2.12. The molecule has 3 heteroatoms. The van der Waals surface area contributed by atoms with Crippen LogP contribution >= 0.6 is 0 Å². The van der Waals surface area contributed by atoms with Gasteiger partial charge >= 0.3 is 0 Å². The second-order valence-corrected chi connectivity index (χ2v) is 4.27. The van der Waals surface area contributed by atoms with Crippen molar-refractivity contribution in [3.63, 3.8) is 0 Å². The van der Waals surface area contributed by atoms with E-state index in [-0.39, 0.29) is 0 Å². The molecule has 0 amide bonds. The van der Waals surface area contributed by atoms with E-state index in [4.69, 9.17) is 4.84 Å². The van der Waals surface area contributed by atoms with Crippen LogP contribution in [0.1, 0.15) is 5.56 Å². The average Bonchev–Trinajstić information content (AvgIpc) is 2.77. The van der Waals surface area contributed by atoms with Crippen molar-refractivity contribution in [2.75, 3.05) is 7.11 Å². The van der Waals surface area contributed by atoms with Crippen LogP contribution in [-0.4, -0.2) is 16.8 Å². The van der Waals surface area contributed by atoms with Crippen molar-refractivity contribution in [2.24, 2.45) is 0 Å². The van der Waals surface area contributed by atoms with Crippen molar-refractivity contribution >= 4 is 11.0 Å². The summed E-state index contributed by atoms with van der Waals surface area (Å²) in [6, 6.07) is 16.2. The lowest BCUT2D eigenvalue weighted by Gasteiger charge is -2.06. The van der Waals surface area contributed by atoms with Crippen LogP contribution in [0.15, 0.2) is 48.5 Å². The molecule has 0 aliphatic rings. The molecule has 0 aliphatic heterocycles. The molecule has 0 saturated carbocycles. The Bertz CT molecular complexity index is 686. The number of nitrogens with zero attached hydrogens (tertiary/aromatic N) is 2. The summed E-state index contributed by atoms with van der Waals surface area (Å²) in [5.41, 5.74) is 4.19. The zero-order valence-electron chi connectivity index (χ0n) is 10.4. The molecule has 1 aromatic heterocycles. The quantitative estimate of drug-likeness (QED) is 0.686. The number of aryl methyl sites for hydroxylation is 1. The number of rotatable bonds is 2. The number of hydrogen-bond acceptors (Lipinski definition) is 2. The van der Waals surface area contributed by atoms with Gasteiger partial charge in [-0.1, -0.05) is 36.4 Å². The van der Waals surface area contributed by atoms with Gasteiger partial charge in [-0.25, -0.2) is 4.98 Å². The summed E-state index contributed by atoms with van der Waals surface area (Å²) < 4.78 is 1.78. The minimum Gasteiger partial charge on any atom is -0.415 e. The second-order valence-electron chi connectivity index (χ2n) is 4.27. The van der Waals surface area contributed by atoms with Gasteiger partial charge in [0.25, 0.3) is 0 Å². The van der Waals surface area contributed by atoms with Crippen LogP contribution in [0.3, 0.4) is 0 Å². The maximum atomic E-state index is 5.46. The summed E-state index contributed by atoms with van der Waals surface area (Å²) >= 11 is 0. The third-order valence-corrected chi connectivity index (χ3v) is 2.98. The van der Waals surface area contributed by atoms with E-state index in [2.05, 4.69) is 24.0 Å². The predicted molar refractivity (Wildman–Crippen MR) is 72.4 cm³/mol. The van der Waals surface area contributed by atoms with Crippen molar-refractivity contribution in [3.05, 3.63) is 54.1 Å². The highest BCUT2D eigenvalue weighted by molar-refractivity contribution is 5.80. The van der Waals surface area contributed by atoms with Crippen LogP contribution in [0.25, 0.3) is 22.4 Å². The van der Waals surface area contributed by atoms with Crippen LogP contribution in [0.5, 0.6) is 0 Å².